The zero-order valence-electron chi connectivity index (χ0n) is 12.2. The normalized spacial score (nSPS) is 17.6. The third-order valence-electron chi connectivity index (χ3n) is 4.44. The van der Waals surface area contributed by atoms with Crippen LogP contribution in [0.15, 0.2) is 78.4 Å². The molecular formula is C21H16O. The molecule has 0 amide bonds. The highest BCUT2D eigenvalue weighted by atomic mass is 16.1. The van der Waals surface area contributed by atoms with Gasteiger partial charge in [-0.25, -0.2) is 0 Å². The van der Waals surface area contributed by atoms with Crippen LogP contribution in [0.25, 0.3) is 21.5 Å². The van der Waals surface area contributed by atoms with Crippen molar-refractivity contribution < 1.29 is 4.79 Å². The molecule has 0 fully saturated rings. The quantitative estimate of drug-likeness (QED) is 0.469. The lowest BCUT2D eigenvalue weighted by atomic mass is 9.83. The van der Waals surface area contributed by atoms with Crippen LogP contribution in [0.4, 0.5) is 0 Å². The molecule has 1 nitrogen and oxygen atoms in total. The largest absolute Gasteiger partial charge is 0.298 e. The molecule has 0 saturated heterocycles. The lowest BCUT2D eigenvalue weighted by molar-refractivity contribution is -0.105. The van der Waals surface area contributed by atoms with Crippen LogP contribution in [0.5, 0.6) is 0 Å². The van der Waals surface area contributed by atoms with Gasteiger partial charge < -0.3 is 0 Å². The summed E-state index contributed by atoms with van der Waals surface area (Å²) in [5, 5.41) is 5.07. The van der Waals surface area contributed by atoms with Crippen molar-refractivity contribution in [1.29, 1.82) is 0 Å². The number of fused-ring (bicyclic) bond motifs is 2. The van der Waals surface area contributed by atoms with Gasteiger partial charge in [-0.15, -0.1) is 0 Å². The fourth-order valence-electron chi connectivity index (χ4n) is 3.44. The molecule has 22 heavy (non-hydrogen) atoms. The van der Waals surface area contributed by atoms with E-state index in [0.29, 0.717) is 0 Å². The van der Waals surface area contributed by atoms with Gasteiger partial charge in [0.05, 0.1) is 0 Å². The first kappa shape index (κ1) is 13.0. The van der Waals surface area contributed by atoms with Gasteiger partial charge >= 0.3 is 0 Å². The average molecular weight is 284 g/mol. The molecule has 1 atom stereocenters. The molecular weight excluding hydrogens is 268 g/mol. The first-order chi connectivity index (χ1) is 10.9. The molecule has 1 aliphatic carbocycles. The first-order valence-corrected chi connectivity index (χ1v) is 7.60. The van der Waals surface area contributed by atoms with Crippen LogP contribution in [0.3, 0.4) is 0 Å². The molecule has 106 valence electrons. The molecule has 0 aromatic heterocycles. The van der Waals surface area contributed by atoms with E-state index in [1.807, 2.05) is 12.2 Å². The maximum absolute atomic E-state index is 11.2. The highest BCUT2D eigenvalue weighted by Gasteiger charge is 2.18. The molecule has 3 aromatic carbocycles. The molecule has 1 heteroatoms. The van der Waals surface area contributed by atoms with E-state index in [2.05, 4.69) is 60.7 Å². The Morgan fingerprint density at radius 3 is 2.18 bits per heavy atom. The average Bonchev–Trinajstić information content (AvgIpc) is 2.59. The zero-order valence-corrected chi connectivity index (χ0v) is 12.2. The van der Waals surface area contributed by atoms with Crippen LogP contribution in [0.2, 0.25) is 0 Å². The molecule has 3 aromatic rings. The number of allylic oxidation sites excluding steroid dienone is 4. The van der Waals surface area contributed by atoms with E-state index in [-0.39, 0.29) is 5.92 Å². The summed E-state index contributed by atoms with van der Waals surface area (Å²) < 4.78 is 0. The third kappa shape index (κ3) is 2.06. The van der Waals surface area contributed by atoms with E-state index in [9.17, 15) is 4.79 Å². The number of carbonyl (C=O) groups is 1. The van der Waals surface area contributed by atoms with Gasteiger partial charge in [0.25, 0.3) is 0 Å². The summed E-state index contributed by atoms with van der Waals surface area (Å²) in [7, 11) is 0. The van der Waals surface area contributed by atoms with Gasteiger partial charge in [-0.2, -0.15) is 0 Å². The SMILES string of the molecule is O=CC1=CC=CC(c2c3ccccc3cc3ccccc23)C1. The molecule has 1 aliphatic rings. The molecule has 0 radical (unpaired) electrons. The summed E-state index contributed by atoms with van der Waals surface area (Å²) in [6, 6.07) is 19.3. The van der Waals surface area contributed by atoms with Crippen molar-refractivity contribution >= 4 is 27.8 Å². The van der Waals surface area contributed by atoms with Gasteiger partial charge in [0.2, 0.25) is 0 Å². The Hall–Kier alpha value is -2.67. The topological polar surface area (TPSA) is 17.1 Å². The minimum atomic E-state index is 0.251. The lowest BCUT2D eigenvalue weighted by Gasteiger charge is -2.21. The predicted octanol–water partition coefficient (Wildman–Crippen LogP) is 5.16. The number of hydrogen-bond donors (Lipinski definition) is 0. The number of benzene rings is 3. The van der Waals surface area contributed by atoms with E-state index in [1.165, 1.54) is 27.1 Å². The molecule has 0 aliphatic heterocycles. The van der Waals surface area contributed by atoms with Crippen LogP contribution < -0.4 is 0 Å². The van der Waals surface area contributed by atoms with Crippen LogP contribution in [0, 0.1) is 0 Å². The molecule has 0 saturated carbocycles. The molecule has 0 spiro atoms. The number of hydrogen-bond acceptors (Lipinski definition) is 1. The summed E-state index contributed by atoms with van der Waals surface area (Å²) in [5.41, 5.74) is 2.20. The van der Waals surface area contributed by atoms with Crippen molar-refractivity contribution in [2.45, 2.75) is 12.3 Å². The van der Waals surface area contributed by atoms with Gasteiger partial charge in [-0.3, -0.25) is 4.79 Å². The Bertz CT molecular complexity index is 877. The highest BCUT2D eigenvalue weighted by molar-refractivity contribution is 6.03. The maximum atomic E-state index is 11.2. The Labute approximate surface area is 129 Å². The van der Waals surface area contributed by atoms with Gasteiger partial charge in [-0.05, 0) is 45.2 Å². The molecule has 0 N–H and O–H groups in total. The number of rotatable bonds is 2. The Balaban J connectivity index is 2.03. The second-order valence-corrected chi connectivity index (χ2v) is 5.79. The van der Waals surface area contributed by atoms with Crippen LogP contribution in [-0.2, 0) is 4.79 Å². The van der Waals surface area contributed by atoms with E-state index in [4.69, 9.17) is 0 Å². The summed E-state index contributed by atoms with van der Waals surface area (Å²) >= 11 is 0. The van der Waals surface area contributed by atoms with Crippen molar-refractivity contribution in [1.82, 2.24) is 0 Å². The molecule has 0 heterocycles. The van der Waals surface area contributed by atoms with Crippen LogP contribution in [-0.4, -0.2) is 6.29 Å². The second kappa shape index (κ2) is 5.27. The van der Waals surface area contributed by atoms with Crippen molar-refractivity contribution in [3.63, 3.8) is 0 Å². The fourth-order valence-corrected chi connectivity index (χ4v) is 3.44. The highest BCUT2D eigenvalue weighted by Crippen LogP contribution is 2.38. The molecule has 0 bridgehead atoms. The van der Waals surface area contributed by atoms with Crippen molar-refractivity contribution in [2.24, 2.45) is 0 Å². The van der Waals surface area contributed by atoms with E-state index < -0.39 is 0 Å². The zero-order chi connectivity index (χ0) is 14.9. The minimum absolute atomic E-state index is 0.251. The van der Waals surface area contributed by atoms with Crippen LogP contribution >= 0.6 is 0 Å². The summed E-state index contributed by atoms with van der Waals surface area (Å²) in [6.07, 6.45) is 7.88. The Morgan fingerprint density at radius 2 is 1.55 bits per heavy atom. The predicted molar refractivity (Wildman–Crippen MR) is 92.1 cm³/mol. The van der Waals surface area contributed by atoms with Gasteiger partial charge in [0, 0.05) is 5.92 Å². The lowest BCUT2D eigenvalue weighted by Crippen LogP contribution is -2.03. The summed E-state index contributed by atoms with van der Waals surface area (Å²) in [5.74, 6) is 0.251. The number of carbonyl (C=O) groups excluding carboxylic acids is 1. The van der Waals surface area contributed by atoms with Crippen molar-refractivity contribution in [2.75, 3.05) is 0 Å². The fraction of sp³-hybridized carbons (Fsp3) is 0.0952. The summed E-state index contributed by atoms with van der Waals surface area (Å²) in [4.78, 5) is 11.2. The smallest absolute Gasteiger partial charge is 0.146 e. The number of aldehydes is 1. The Morgan fingerprint density at radius 1 is 0.909 bits per heavy atom. The summed E-state index contributed by atoms with van der Waals surface area (Å²) in [6.45, 7) is 0. The van der Waals surface area contributed by atoms with E-state index in [0.717, 1.165) is 18.3 Å². The Kier molecular flexibility index (Phi) is 3.12. The van der Waals surface area contributed by atoms with Gasteiger partial charge in [0.15, 0.2) is 0 Å². The third-order valence-corrected chi connectivity index (χ3v) is 4.44. The van der Waals surface area contributed by atoms with Gasteiger partial charge in [-0.1, -0.05) is 66.8 Å². The standard InChI is InChI=1S/C21H16O/c22-14-15-6-5-9-18(12-15)21-19-10-3-1-7-16(19)13-17-8-2-4-11-20(17)21/h1-11,13-14,18H,12H2. The second-order valence-electron chi connectivity index (χ2n) is 5.79. The van der Waals surface area contributed by atoms with E-state index >= 15 is 0 Å². The van der Waals surface area contributed by atoms with Crippen LogP contribution in [0.1, 0.15) is 17.9 Å². The monoisotopic (exact) mass is 284 g/mol. The maximum Gasteiger partial charge on any atom is 0.146 e. The molecule has 1 unspecified atom stereocenters. The van der Waals surface area contributed by atoms with Gasteiger partial charge in [0.1, 0.15) is 6.29 Å². The van der Waals surface area contributed by atoms with E-state index in [1.54, 1.807) is 0 Å². The van der Waals surface area contributed by atoms with Crippen molar-refractivity contribution in [3.05, 3.63) is 84.0 Å². The first-order valence-electron chi connectivity index (χ1n) is 7.60. The molecule has 4 rings (SSSR count). The van der Waals surface area contributed by atoms with Crippen molar-refractivity contribution in [3.8, 4) is 0 Å². The minimum Gasteiger partial charge on any atom is -0.298 e.